The Labute approximate surface area is 301 Å². The van der Waals surface area contributed by atoms with Gasteiger partial charge in [-0.15, -0.1) is 0 Å². The lowest BCUT2D eigenvalue weighted by atomic mass is 9.71. The van der Waals surface area contributed by atoms with Crippen LogP contribution in [0.4, 0.5) is 4.79 Å². The number of urea groups is 1. The molecule has 0 aliphatic carbocycles. The van der Waals surface area contributed by atoms with Crippen LogP contribution in [0.3, 0.4) is 0 Å². The molecule has 3 atom stereocenters. The van der Waals surface area contributed by atoms with Crippen molar-refractivity contribution in [2.75, 3.05) is 44.3 Å². The molecule has 3 heterocycles. The SMILES string of the molecule is CCOc1cc(C(C)(C)C)ccc1C1=N[C@@](C)(c2ccc(Cl)cc2)[C@@](C)(c2ccc(Cl)cc2)N1C(=O)N1CCN(C2CCS(=O)(=O)C2)CC1. The molecule has 3 aliphatic rings. The normalized spacial score (nSPS) is 25.8. The highest BCUT2D eigenvalue weighted by atomic mass is 35.5. The van der Waals surface area contributed by atoms with E-state index in [1.54, 1.807) is 0 Å². The number of hydrogen-bond donors (Lipinski definition) is 0. The number of carbonyl (C=O) groups is 1. The van der Waals surface area contributed by atoms with Gasteiger partial charge in [0.05, 0.1) is 23.7 Å². The number of halogens is 2. The topological polar surface area (TPSA) is 82.5 Å². The summed E-state index contributed by atoms with van der Waals surface area (Å²) in [6.45, 7) is 15.2. The minimum atomic E-state index is -3.01. The Balaban J connectivity index is 1.50. The van der Waals surface area contributed by atoms with Crippen molar-refractivity contribution in [2.45, 2.75) is 70.5 Å². The minimum absolute atomic E-state index is 0.00577. The van der Waals surface area contributed by atoms with Crippen LogP contribution in [0, 0.1) is 0 Å². The zero-order chi connectivity index (χ0) is 35.4. The van der Waals surface area contributed by atoms with E-state index < -0.39 is 20.9 Å². The summed E-state index contributed by atoms with van der Waals surface area (Å²) in [5, 5.41) is 1.21. The van der Waals surface area contributed by atoms with Crippen LogP contribution in [0.2, 0.25) is 10.0 Å². The van der Waals surface area contributed by atoms with Gasteiger partial charge in [0.15, 0.2) is 9.84 Å². The van der Waals surface area contributed by atoms with E-state index in [4.69, 9.17) is 32.9 Å². The third-order valence-electron chi connectivity index (χ3n) is 10.6. The molecule has 0 spiro atoms. The van der Waals surface area contributed by atoms with Crippen LogP contribution in [0.5, 0.6) is 5.75 Å². The number of aliphatic imine (C=N–C) groups is 1. The molecule has 0 radical (unpaired) electrons. The molecule has 2 saturated heterocycles. The molecule has 2 amide bonds. The van der Waals surface area contributed by atoms with E-state index in [1.165, 1.54) is 0 Å². The van der Waals surface area contributed by atoms with Crippen LogP contribution in [0.1, 0.15) is 70.2 Å². The van der Waals surface area contributed by atoms with Crippen molar-refractivity contribution in [1.29, 1.82) is 0 Å². The van der Waals surface area contributed by atoms with Gasteiger partial charge < -0.3 is 9.64 Å². The summed E-state index contributed by atoms with van der Waals surface area (Å²) < 4.78 is 30.8. The largest absolute Gasteiger partial charge is 0.493 e. The summed E-state index contributed by atoms with van der Waals surface area (Å²) in [7, 11) is -3.01. The average molecular weight is 726 g/mol. The number of sulfone groups is 1. The second-order valence-corrected chi connectivity index (χ2v) is 17.8. The maximum absolute atomic E-state index is 15.2. The van der Waals surface area contributed by atoms with Crippen molar-refractivity contribution in [2.24, 2.45) is 4.99 Å². The molecule has 2 fully saturated rings. The van der Waals surface area contributed by atoms with Gasteiger partial charge in [-0.25, -0.2) is 13.2 Å². The molecule has 6 rings (SSSR count). The summed E-state index contributed by atoms with van der Waals surface area (Å²) in [6.07, 6.45) is 0.637. The Morgan fingerprint density at radius 1 is 0.918 bits per heavy atom. The smallest absolute Gasteiger partial charge is 0.326 e. The van der Waals surface area contributed by atoms with Crippen LogP contribution in [0.15, 0.2) is 71.7 Å². The lowest BCUT2D eigenvalue weighted by Gasteiger charge is -2.47. The van der Waals surface area contributed by atoms with E-state index in [0.717, 1.165) is 22.3 Å². The summed E-state index contributed by atoms with van der Waals surface area (Å²) in [6, 6.07) is 21.3. The second kappa shape index (κ2) is 13.2. The number of amides is 2. The predicted octanol–water partition coefficient (Wildman–Crippen LogP) is 7.51. The molecule has 262 valence electrons. The first-order chi connectivity index (χ1) is 23.1. The van der Waals surface area contributed by atoms with Gasteiger partial charge in [-0.05, 0) is 85.7 Å². The summed E-state index contributed by atoms with van der Waals surface area (Å²) in [5.74, 6) is 1.59. The maximum Gasteiger partial charge on any atom is 0.326 e. The molecule has 3 aromatic rings. The van der Waals surface area contributed by atoms with Crippen molar-refractivity contribution in [3.8, 4) is 5.75 Å². The number of carbonyl (C=O) groups excluding carboxylic acids is 1. The number of nitrogens with zero attached hydrogens (tertiary/aromatic N) is 4. The number of ether oxygens (including phenoxy) is 1. The van der Waals surface area contributed by atoms with Crippen molar-refractivity contribution in [1.82, 2.24) is 14.7 Å². The number of amidine groups is 1. The molecule has 11 heteroatoms. The molecule has 1 unspecified atom stereocenters. The van der Waals surface area contributed by atoms with Gasteiger partial charge in [-0.1, -0.05) is 74.3 Å². The van der Waals surface area contributed by atoms with E-state index in [-0.39, 0.29) is 29.0 Å². The van der Waals surface area contributed by atoms with Crippen LogP contribution < -0.4 is 4.74 Å². The summed E-state index contributed by atoms with van der Waals surface area (Å²) in [5.41, 5.74) is 1.53. The first kappa shape index (κ1) is 35.7. The zero-order valence-corrected chi connectivity index (χ0v) is 31.5. The van der Waals surface area contributed by atoms with E-state index in [2.05, 4.69) is 51.7 Å². The molecule has 0 aromatic heterocycles. The lowest BCUT2D eigenvalue weighted by molar-refractivity contribution is 0.0776. The standard InChI is InChI=1S/C38H46Cl2N4O4S/c1-7-48-33-24-28(36(2,3)4)12-17-32(33)34-41-37(5,26-8-13-29(39)14-9-26)38(6,27-10-15-30(40)16-11-27)44(34)35(45)43-21-19-42(20-22-43)31-18-23-49(46,47)25-31/h8-17,24,31H,7,18-23,25H2,1-6H3/t31?,37-,38+/m0/s1. The lowest BCUT2D eigenvalue weighted by Crippen LogP contribution is -2.61. The van der Waals surface area contributed by atoms with Gasteiger partial charge in [-0.2, -0.15) is 0 Å². The van der Waals surface area contributed by atoms with Gasteiger partial charge in [0, 0.05) is 42.3 Å². The highest BCUT2D eigenvalue weighted by molar-refractivity contribution is 7.91. The number of rotatable bonds is 6. The van der Waals surface area contributed by atoms with Crippen LogP contribution in [-0.4, -0.2) is 85.3 Å². The molecule has 0 N–H and O–H groups in total. The molecular weight excluding hydrogens is 679 g/mol. The first-order valence-corrected chi connectivity index (χ1v) is 19.6. The number of piperazine rings is 1. The highest BCUT2D eigenvalue weighted by Gasteiger charge is 2.60. The predicted molar refractivity (Wildman–Crippen MR) is 198 cm³/mol. The Kier molecular flexibility index (Phi) is 9.63. The first-order valence-electron chi connectivity index (χ1n) is 17.0. The maximum atomic E-state index is 15.2. The van der Waals surface area contributed by atoms with Crippen molar-refractivity contribution >= 4 is 44.9 Å². The van der Waals surface area contributed by atoms with Crippen molar-refractivity contribution in [3.05, 3.63) is 99.0 Å². The zero-order valence-electron chi connectivity index (χ0n) is 29.2. The number of benzene rings is 3. The summed E-state index contributed by atoms with van der Waals surface area (Å²) in [4.78, 5) is 26.7. The van der Waals surface area contributed by atoms with Gasteiger partial charge in [0.2, 0.25) is 0 Å². The fraction of sp³-hybridized carbons (Fsp3) is 0.474. The molecule has 3 aromatic carbocycles. The Hall–Kier alpha value is -3.11. The third-order valence-corrected chi connectivity index (χ3v) is 12.9. The van der Waals surface area contributed by atoms with Crippen molar-refractivity contribution < 1.29 is 17.9 Å². The van der Waals surface area contributed by atoms with Crippen molar-refractivity contribution in [3.63, 3.8) is 0 Å². The van der Waals surface area contributed by atoms with Crippen LogP contribution >= 0.6 is 23.2 Å². The average Bonchev–Trinajstić information content (AvgIpc) is 3.55. The van der Waals surface area contributed by atoms with Gasteiger partial charge >= 0.3 is 6.03 Å². The third kappa shape index (κ3) is 6.60. The van der Waals surface area contributed by atoms with Crippen LogP contribution in [-0.2, 0) is 26.3 Å². The summed E-state index contributed by atoms with van der Waals surface area (Å²) >= 11 is 12.8. The van der Waals surface area contributed by atoms with Gasteiger partial charge in [0.25, 0.3) is 0 Å². The van der Waals surface area contributed by atoms with E-state index in [1.807, 2.05) is 71.3 Å². The fourth-order valence-electron chi connectivity index (χ4n) is 7.50. The monoisotopic (exact) mass is 724 g/mol. The molecule has 49 heavy (non-hydrogen) atoms. The van der Waals surface area contributed by atoms with Gasteiger partial charge in [-0.3, -0.25) is 14.8 Å². The Bertz CT molecular complexity index is 1850. The highest BCUT2D eigenvalue weighted by Crippen LogP contribution is 2.54. The Morgan fingerprint density at radius 3 is 2.04 bits per heavy atom. The quantitative estimate of drug-likeness (QED) is 0.263. The van der Waals surface area contributed by atoms with Crippen LogP contribution in [0.25, 0.3) is 0 Å². The number of hydrogen-bond acceptors (Lipinski definition) is 6. The Morgan fingerprint density at radius 2 is 1.51 bits per heavy atom. The molecule has 0 saturated carbocycles. The van der Waals surface area contributed by atoms with E-state index in [9.17, 15) is 8.42 Å². The van der Waals surface area contributed by atoms with E-state index in [0.29, 0.717) is 60.8 Å². The molecule has 0 bridgehead atoms. The molecule has 8 nitrogen and oxygen atoms in total. The minimum Gasteiger partial charge on any atom is -0.493 e. The van der Waals surface area contributed by atoms with E-state index >= 15 is 4.79 Å². The molecule has 3 aliphatic heterocycles. The molecular formula is C38H46Cl2N4O4S. The second-order valence-electron chi connectivity index (χ2n) is 14.7. The van der Waals surface area contributed by atoms with Gasteiger partial charge in [0.1, 0.15) is 22.7 Å². The fourth-order valence-corrected chi connectivity index (χ4v) is 9.51.